The van der Waals surface area contributed by atoms with Gasteiger partial charge in [-0.2, -0.15) is 22.6 Å². The average molecular weight is 554 g/mol. The number of benzene rings is 1. The number of ether oxygens (including phenoxy) is 1. The lowest BCUT2D eigenvalue weighted by Crippen LogP contribution is -2.44. The number of nitrogens with zero attached hydrogens (tertiary/aromatic N) is 6. The van der Waals surface area contributed by atoms with E-state index >= 15 is 0 Å². The van der Waals surface area contributed by atoms with Gasteiger partial charge in [0.25, 0.3) is 17.4 Å². The largest absolute Gasteiger partial charge is 0.493 e. The number of rotatable bonds is 6. The molecule has 4 heterocycles. The topological polar surface area (TPSA) is 93.4 Å². The van der Waals surface area contributed by atoms with Crippen molar-refractivity contribution in [1.82, 2.24) is 24.0 Å². The molecule has 0 spiro atoms. The van der Waals surface area contributed by atoms with Crippen LogP contribution < -0.4 is 8.95 Å². The van der Waals surface area contributed by atoms with Gasteiger partial charge in [-0.1, -0.05) is 12.9 Å². The predicted octanol–water partition coefficient (Wildman–Crippen LogP) is 3.71. The van der Waals surface area contributed by atoms with Crippen molar-refractivity contribution >= 4 is 34.1 Å². The van der Waals surface area contributed by atoms with Crippen LogP contribution in [0.25, 0.3) is 0 Å². The Hall–Kier alpha value is -2.65. The summed E-state index contributed by atoms with van der Waals surface area (Å²) in [5.41, 5.74) is 1.50. The molecule has 37 heavy (non-hydrogen) atoms. The molecule has 2 aliphatic heterocycles. The highest BCUT2D eigenvalue weighted by Crippen LogP contribution is 2.48. The molecule has 0 saturated carbocycles. The monoisotopic (exact) mass is 554 g/mol. The highest BCUT2D eigenvalue weighted by molar-refractivity contribution is 7.94. The van der Waals surface area contributed by atoms with E-state index < -0.39 is 28.2 Å². The molecule has 15 heteroatoms. The van der Waals surface area contributed by atoms with E-state index in [1.165, 1.54) is 22.7 Å². The summed E-state index contributed by atoms with van der Waals surface area (Å²) in [6, 6.07) is 4.06. The van der Waals surface area contributed by atoms with Crippen molar-refractivity contribution < 1.29 is 26.3 Å². The molecule has 3 aromatic rings. The Kier molecular flexibility index (Phi) is 6.96. The molecule has 9 nitrogen and oxygen atoms in total. The van der Waals surface area contributed by atoms with Gasteiger partial charge in [-0.15, -0.1) is 0 Å². The third-order valence-corrected chi connectivity index (χ3v) is 9.71. The number of fused-ring (bicyclic) bond motifs is 1. The lowest BCUT2D eigenvalue weighted by Gasteiger charge is -2.45. The van der Waals surface area contributed by atoms with Gasteiger partial charge in [-0.25, -0.2) is 13.4 Å². The smallest absolute Gasteiger partial charge is 0.391 e. The predicted molar refractivity (Wildman–Crippen MR) is 133 cm³/mol. The van der Waals surface area contributed by atoms with Crippen LogP contribution in [0.1, 0.15) is 42.5 Å². The summed E-state index contributed by atoms with van der Waals surface area (Å²) in [6.07, 6.45) is 0.964. The molecule has 2 aromatic heterocycles. The molecule has 0 radical (unpaired) electrons. The quantitative estimate of drug-likeness (QED) is 0.429. The zero-order valence-corrected chi connectivity index (χ0v) is 21.9. The number of anilines is 1. The van der Waals surface area contributed by atoms with Crippen LogP contribution in [-0.2, 0) is 17.1 Å². The van der Waals surface area contributed by atoms with Gasteiger partial charge in [0, 0.05) is 60.5 Å². The summed E-state index contributed by atoms with van der Waals surface area (Å²) in [7, 11) is -1.99. The summed E-state index contributed by atoms with van der Waals surface area (Å²) in [5, 5.41) is 4.46. The molecule has 1 aromatic carbocycles. The fourth-order valence-corrected chi connectivity index (χ4v) is 7.50. The zero-order chi connectivity index (χ0) is 26.4. The molecule has 0 unspecified atom stereocenters. The molecule has 0 N–H and O–H groups in total. The highest BCUT2D eigenvalue weighted by atomic mass is 32.2. The Morgan fingerprint density at radius 2 is 2.05 bits per heavy atom. The Morgan fingerprint density at radius 1 is 1.24 bits per heavy atom. The van der Waals surface area contributed by atoms with E-state index in [-0.39, 0.29) is 42.9 Å². The van der Waals surface area contributed by atoms with Crippen LogP contribution in [0.5, 0.6) is 5.75 Å². The van der Waals surface area contributed by atoms with Crippen molar-refractivity contribution in [2.75, 3.05) is 17.4 Å². The number of likely N-dealkylation sites (tertiary alicyclic amines) is 1. The van der Waals surface area contributed by atoms with E-state index in [4.69, 9.17) is 4.74 Å². The molecule has 5 rings (SSSR count). The van der Waals surface area contributed by atoms with Gasteiger partial charge in [0.05, 0.1) is 23.6 Å². The maximum atomic E-state index is 13.7. The molecule has 3 atom stereocenters. The highest BCUT2D eigenvalue weighted by Gasteiger charge is 2.47. The number of aryl methyl sites for hydroxylation is 1. The van der Waals surface area contributed by atoms with Crippen LogP contribution in [0.2, 0.25) is 6.82 Å². The fourth-order valence-electron chi connectivity index (χ4n) is 5.26. The number of piperidine rings is 1. The number of hydrogen-bond acceptors (Lipinski definition) is 8. The first-order valence-corrected chi connectivity index (χ1v) is 14.2. The van der Waals surface area contributed by atoms with E-state index in [0.717, 1.165) is 22.7 Å². The third-order valence-electron chi connectivity index (χ3n) is 7.05. The van der Waals surface area contributed by atoms with Gasteiger partial charge < -0.3 is 4.74 Å². The molecule has 1 fully saturated rings. The third kappa shape index (κ3) is 4.95. The number of alkyl halides is 3. The maximum absolute atomic E-state index is 13.7. The van der Waals surface area contributed by atoms with E-state index in [1.807, 2.05) is 0 Å². The number of halogens is 3. The first-order valence-electron chi connectivity index (χ1n) is 12.0. The minimum absolute atomic E-state index is 0.00667. The first kappa shape index (κ1) is 26.0. The van der Waals surface area contributed by atoms with Crippen molar-refractivity contribution in [2.45, 2.75) is 49.2 Å². The van der Waals surface area contributed by atoms with Crippen LogP contribution in [0, 0.1) is 5.92 Å². The second-order valence-corrected chi connectivity index (χ2v) is 11.8. The van der Waals surface area contributed by atoms with E-state index in [2.05, 4.69) is 19.4 Å². The van der Waals surface area contributed by atoms with Crippen LogP contribution in [0.4, 0.5) is 18.3 Å². The lowest BCUT2D eigenvalue weighted by atomic mass is 9.84. The van der Waals surface area contributed by atoms with Gasteiger partial charge in [0.15, 0.2) is 0 Å². The molecule has 198 valence electrons. The summed E-state index contributed by atoms with van der Waals surface area (Å²) in [5.74, 6) is -0.963. The van der Waals surface area contributed by atoms with Crippen molar-refractivity contribution in [2.24, 2.45) is 13.0 Å². The van der Waals surface area contributed by atoms with E-state index in [9.17, 15) is 21.6 Å². The van der Waals surface area contributed by atoms with Crippen molar-refractivity contribution in [3.63, 3.8) is 0 Å². The summed E-state index contributed by atoms with van der Waals surface area (Å²) >= 11 is 0.988. The molecule has 2 aliphatic rings. The molecular formula is C22H26BF3N6O3S2. The Morgan fingerprint density at radius 3 is 2.70 bits per heavy atom. The summed E-state index contributed by atoms with van der Waals surface area (Å²) < 4.78 is 80.3. The Labute approximate surface area is 217 Å². The van der Waals surface area contributed by atoms with Crippen LogP contribution in [0.15, 0.2) is 41.8 Å². The van der Waals surface area contributed by atoms with Crippen molar-refractivity contribution in [1.29, 1.82) is 0 Å². The molecular weight excluding hydrogens is 528 g/mol. The normalized spacial score (nSPS) is 22.8. The SMILES string of the molecule is CBN(c1ncns1)S(=O)(=O)c1ccc2c(c1)OCC[C@@H]2N1CC[C@@H](C(F)(F)F)C[C@H]1c1cnn(C)c1. The summed E-state index contributed by atoms with van der Waals surface area (Å²) in [4.78, 5) is 6.18. The number of aromatic nitrogens is 4. The number of hydrogen-bond donors (Lipinski definition) is 0. The van der Waals surface area contributed by atoms with E-state index in [0.29, 0.717) is 18.8 Å². The molecule has 0 bridgehead atoms. The van der Waals surface area contributed by atoms with Gasteiger partial charge in [0.1, 0.15) is 12.1 Å². The molecule has 1 saturated heterocycles. The molecule has 0 aliphatic carbocycles. The van der Waals surface area contributed by atoms with Crippen molar-refractivity contribution in [3.05, 3.63) is 48.0 Å². The lowest BCUT2D eigenvalue weighted by molar-refractivity contribution is -0.192. The Bertz CT molecular complexity index is 1350. The fraction of sp³-hybridized carbons (Fsp3) is 0.500. The minimum Gasteiger partial charge on any atom is -0.493 e. The van der Waals surface area contributed by atoms with Gasteiger partial charge >= 0.3 is 6.18 Å². The van der Waals surface area contributed by atoms with Gasteiger partial charge in [0.2, 0.25) is 5.13 Å². The minimum atomic E-state index is -4.26. The van der Waals surface area contributed by atoms with Gasteiger partial charge in [-0.3, -0.25) is 13.8 Å². The van der Waals surface area contributed by atoms with Crippen LogP contribution >= 0.6 is 11.5 Å². The second kappa shape index (κ2) is 9.91. The molecule has 0 amide bonds. The Balaban J connectivity index is 1.48. The summed E-state index contributed by atoms with van der Waals surface area (Å²) in [6.45, 7) is 2.30. The zero-order valence-electron chi connectivity index (χ0n) is 20.3. The van der Waals surface area contributed by atoms with Crippen LogP contribution in [-0.4, -0.2) is 59.2 Å². The number of sulfonamides is 1. The maximum Gasteiger partial charge on any atom is 0.391 e. The second-order valence-electron chi connectivity index (χ2n) is 9.21. The van der Waals surface area contributed by atoms with Gasteiger partial charge in [-0.05, 0) is 25.5 Å². The average Bonchev–Trinajstić information content (AvgIpc) is 3.55. The standard InChI is InChI=1S/C22H26BF3N6O3S2/c1-23-32(21-27-13-29-36-21)37(33,34)16-3-4-17-18(6-8-35-20(17)10-16)31-7-5-15(22(24,25)26)9-19(31)14-11-28-30(2)12-14/h3-4,10-13,15,18-19,23H,5-9H2,1-2H3/t15-,18+,19+/m1/s1. The van der Waals surface area contributed by atoms with Crippen LogP contribution in [0.3, 0.4) is 0 Å². The van der Waals surface area contributed by atoms with Crippen molar-refractivity contribution in [3.8, 4) is 5.75 Å². The van der Waals surface area contributed by atoms with E-state index in [1.54, 1.807) is 37.0 Å². The first-order chi connectivity index (χ1) is 17.6.